The maximum atomic E-state index is 5.95. The van der Waals surface area contributed by atoms with E-state index in [1.165, 1.54) is 0 Å². The summed E-state index contributed by atoms with van der Waals surface area (Å²) in [5.41, 5.74) is 6.80. The predicted octanol–water partition coefficient (Wildman–Crippen LogP) is 2.39. The quantitative estimate of drug-likeness (QED) is 0.881. The van der Waals surface area contributed by atoms with E-state index in [0.717, 1.165) is 23.5 Å². The summed E-state index contributed by atoms with van der Waals surface area (Å²) in [5, 5.41) is 3.92. The molecule has 6 heteroatoms. The highest BCUT2D eigenvalue weighted by Gasteiger charge is 2.17. The number of aryl methyl sites for hydroxylation is 1. The molecule has 5 nitrogen and oxygen atoms in total. The highest BCUT2D eigenvalue weighted by atomic mass is 32.2. The van der Waals surface area contributed by atoms with Crippen molar-refractivity contribution in [1.29, 1.82) is 0 Å². The molecule has 0 fully saturated rings. The standard InChI is InChI=1S/C11H15N3O2S/c1-7-8(3-5-15-7)10-13-11(16-14-10)9(12)4-6-17-2/h3,5,9H,4,6,12H2,1-2H3. The molecular weight excluding hydrogens is 238 g/mol. The molecule has 0 radical (unpaired) electrons. The Bertz CT molecular complexity index is 481. The van der Waals surface area contributed by atoms with Gasteiger partial charge in [0.1, 0.15) is 5.76 Å². The topological polar surface area (TPSA) is 78.1 Å². The van der Waals surface area contributed by atoms with Crippen molar-refractivity contribution in [3.63, 3.8) is 0 Å². The van der Waals surface area contributed by atoms with E-state index >= 15 is 0 Å². The molecule has 0 bridgehead atoms. The Kier molecular flexibility index (Phi) is 3.86. The zero-order valence-electron chi connectivity index (χ0n) is 9.84. The lowest BCUT2D eigenvalue weighted by Gasteiger charge is -2.03. The first-order valence-corrected chi connectivity index (χ1v) is 6.74. The lowest BCUT2D eigenvalue weighted by atomic mass is 10.2. The second-order valence-electron chi connectivity index (χ2n) is 3.73. The minimum absolute atomic E-state index is 0.198. The van der Waals surface area contributed by atoms with E-state index in [1.807, 2.05) is 19.2 Å². The summed E-state index contributed by atoms with van der Waals surface area (Å²) in [6.07, 6.45) is 4.47. The number of hydrogen-bond acceptors (Lipinski definition) is 6. The Labute approximate surface area is 104 Å². The minimum atomic E-state index is -0.198. The van der Waals surface area contributed by atoms with Crippen molar-refractivity contribution in [2.75, 3.05) is 12.0 Å². The van der Waals surface area contributed by atoms with Crippen LogP contribution in [-0.4, -0.2) is 22.1 Å². The molecule has 0 saturated carbocycles. The second kappa shape index (κ2) is 5.37. The number of thioether (sulfide) groups is 1. The first-order valence-electron chi connectivity index (χ1n) is 5.35. The van der Waals surface area contributed by atoms with Gasteiger partial charge in [-0.05, 0) is 31.4 Å². The van der Waals surface area contributed by atoms with Crippen molar-refractivity contribution in [3.05, 3.63) is 24.0 Å². The highest BCUT2D eigenvalue weighted by Crippen LogP contribution is 2.23. The fourth-order valence-corrected chi connectivity index (χ4v) is 1.97. The molecule has 2 aromatic rings. The number of aromatic nitrogens is 2. The Morgan fingerprint density at radius 1 is 1.53 bits per heavy atom. The zero-order valence-corrected chi connectivity index (χ0v) is 10.7. The summed E-state index contributed by atoms with van der Waals surface area (Å²) in [4.78, 5) is 4.29. The smallest absolute Gasteiger partial charge is 0.243 e. The predicted molar refractivity (Wildman–Crippen MR) is 66.7 cm³/mol. The normalized spacial score (nSPS) is 12.9. The molecule has 92 valence electrons. The third-order valence-electron chi connectivity index (χ3n) is 2.49. The molecule has 2 aromatic heterocycles. The van der Waals surface area contributed by atoms with Crippen LogP contribution < -0.4 is 5.73 Å². The van der Waals surface area contributed by atoms with Gasteiger partial charge in [-0.1, -0.05) is 5.16 Å². The fourth-order valence-electron chi connectivity index (χ4n) is 1.48. The first-order chi connectivity index (χ1) is 8.22. The summed E-state index contributed by atoms with van der Waals surface area (Å²) in [6, 6.07) is 1.62. The number of nitrogens with zero attached hydrogens (tertiary/aromatic N) is 2. The van der Waals surface area contributed by atoms with Crippen LogP contribution in [0.15, 0.2) is 21.3 Å². The maximum absolute atomic E-state index is 5.95. The number of furan rings is 1. The summed E-state index contributed by atoms with van der Waals surface area (Å²) in [6.45, 7) is 1.86. The van der Waals surface area contributed by atoms with Gasteiger partial charge in [0.25, 0.3) is 0 Å². The van der Waals surface area contributed by atoms with Gasteiger partial charge >= 0.3 is 0 Å². The van der Waals surface area contributed by atoms with Crippen molar-refractivity contribution in [3.8, 4) is 11.4 Å². The van der Waals surface area contributed by atoms with Gasteiger partial charge in [-0.2, -0.15) is 16.7 Å². The molecule has 0 aliphatic rings. The molecule has 1 atom stereocenters. The van der Waals surface area contributed by atoms with Crippen molar-refractivity contribution >= 4 is 11.8 Å². The Morgan fingerprint density at radius 3 is 3.00 bits per heavy atom. The van der Waals surface area contributed by atoms with Crippen LogP contribution in [0.1, 0.15) is 24.1 Å². The average Bonchev–Trinajstić information content (AvgIpc) is 2.93. The lowest BCUT2D eigenvalue weighted by molar-refractivity contribution is 0.353. The molecule has 0 amide bonds. The van der Waals surface area contributed by atoms with Crippen LogP contribution in [0.4, 0.5) is 0 Å². The Hall–Kier alpha value is -1.27. The monoisotopic (exact) mass is 253 g/mol. The molecule has 2 rings (SSSR count). The van der Waals surface area contributed by atoms with E-state index in [9.17, 15) is 0 Å². The van der Waals surface area contributed by atoms with Gasteiger partial charge in [-0.25, -0.2) is 0 Å². The highest BCUT2D eigenvalue weighted by molar-refractivity contribution is 7.98. The molecule has 0 aromatic carbocycles. The van der Waals surface area contributed by atoms with Gasteiger partial charge in [0, 0.05) is 0 Å². The maximum Gasteiger partial charge on any atom is 0.243 e. The number of rotatable bonds is 5. The van der Waals surface area contributed by atoms with Crippen LogP contribution in [0, 0.1) is 6.92 Å². The molecule has 2 heterocycles. The van der Waals surface area contributed by atoms with Crippen molar-refractivity contribution in [1.82, 2.24) is 10.1 Å². The summed E-state index contributed by atoms with van der Waals surface area (Å²) in [5.74, 6) is 2.76. The van der Waals surface area contributed by atoms with E-state index in [0.29, 0.717) is 11.7 Å². The van der Waals surface area contributed by atoms with Gasteiger partial charge in [0.2, 0.25) is 11.7 Å². The van der Waals surface area contributed by atoms with E-state index in [1.54, 1.807) is 18.0 Å². The van der Waals surface area contributed by atoms with Crippen molar-refractivity contribution < 1.29 is 8.94 Å². The van der Waals surface area contributed by atoms with Crippen LogP contribution in [0.5, 0.6) is 0 Å². The van der Waals surface area contributed by atoms with E-state index in [-0.39, 0.29) is 6.04 Å². The zero-order chi connectivity index (χ0) is 12.3. The van der Waals surface area contributed by atoms with Crippen LogP contribution in [0.25, 0.3) is 11.4 Å². The molecule has 0 aliphatic carbocycles. The largest absolute Gasteiger partial charge is 0.469 e. The van der Waals surface area contributed by atoms with Crippen LogP contribution in [0.3, 0.4) is 0 Å². The lowest BCUT2D eigenvalue weighted by Crippen LogP contribution is -2.11. The summed E-state index contributed by atoms with van der Waals surface area (Å²) >= 11 is 1.75. The molecule has 1 unspecified atom stereocenters. The van der Waals surface area contributed by atoms with Crippen LogP contribution in [-0.2, 0) is 0 Å². The third-order valence-corrected chi connectivity index (χ3v) is 3.14. The van der Waals surface area contributed by atoms with E-state index in [2.05, 4.69) is 10.1 Å². The average molecular weight is 253 g/mol. The molecule has 17 heavy (non-hydrogen) atoms. The van der Waals surface area contributed by atoms with Crippen LogP contribution >= 0.6 is 11.8 Å². The van der Waals surface area contributed by atoms with Gasteiger partial charge in [0.15, 0.2) is 0 Å². The number of nitrogens with two attached hydrogens (primary N) is 1. The Balaban J connectivity index is 2.13. The van der Waals surface area contributed by atoms with Gasteiger partial charge in [-0.15, -0.1) is 0 Å². The van der Waals surface area contributed by atoms with E-state index < -0.39 is 0 Å². The Morgan fingerprint density at radius 2 is 2.35 bits per heavy atom. The minimum Gasteiger partial charge on any atom is -0.469 e. The third kappa shape index (κ3) is 2.70. The van der Waals surface area contributed by atoms with Gasteiger partial charge < -0.3 is 14.7 Å². The van der Waals surface area contributed by atoms with E-state index in [4.69, 9.17) is 14.7 Å². The first kappa shape index (κ1) is 12.2. The van der Waals surface area contributed by atoms with Gasteiger partial charge in [-0.3, -0.25) is 0 Å². The molecule has 0 saturated heterocycles. The molecule has 0 aliphatic heterocycles. The SMILES string of the molecule is CSCCC(N)c1nc(-c2ccoc2C)no1. The van der Waals surface area contributed by atoms with Crippen LogP contribution in [0.2, 0.25) is 0 Å². The second-order valence-corrected chi connectivity index (χ2v) is 4.72. The van der Waals surface area contributed by atoms with Crippen molar-refractivity contribution in [2.24, 2.45) is 5.73 Å². The fraction of sp³-hybridized carbons (Fsp3) is 0.455. The number of hydrogen-bond donors (Lipinski definition) is 1. The van der Waals surface area contributed by atoms with Gasteiger partial charge in [0.05, 0.1) is 17.9 Å². The molecule has 0 spiro atoms. The molecular formula is C11H15N3O2S. The van der Waals surface area contributed by atoms with Crippen molar-refractivity contribution in [2.45, 2.75) is 19.4 Å². The molecule has 2 N–H and O–H groups in total. The summed E-state index contributed by atoms with van der Waals surface area (Å²) in [7, 11) is 0. The summed E-state index contributed by atoms with van der Waals surface area (Å²) < 4.78 is 10.4.